The Kier molecular flexibility index (Phi) is 9.67. The molecule has 38 heavy (non-hydrogen) atoms. The average Bonchev–Trinajstić information content (AvgIpc) is 2.91. The molecule has 0 saturated heterocycles. The molecular formula is C31H32ClNO4S. The van der Waals surface area contributed by atoms with E-state index < -0.39 is 18.0 Å². The van der Waals surface area contributed by atoms with Gasteiger partial charge in [0.05, 0.1) is 23.2 Å². The third-order valence-corrected chi connectivity index (χ3v) is 8.32. The Labute approximate surface area is 232 Å². The van der Waals surface area contributed by atoms with E-state index in [1.807, 2.05) is 72.8 Å². The van der Waals surface area contributed by atoms with Crippen molar-refractivity contribution in [2.24, 2.45) is 5.92 Å². The Hall–Kier alpha value is -3.06. The van der Waals surface area contributed by atoms with Crippen molar-refractivity contribution in [3.8, 4) is 5.75 Å². The molecule has 7 heteroatoms. The number of carboxylic acids is 1. The number of aliphatic hydroxyl groups excluding tert-OH is 1. The van der Waals surface area contributed by atoms with E-state index in [1.54, 1.807) is 25.6 Å². The van der Waals surface area contributed by atoms with Gasteiger partial charge in [-0.15, -0.1) is 0 Å². The number of halogens is 1. The monoisotopic (exact) mass is 549 g/mol. The van der Waals surface area contributed by atoms with Crippen molar-refractivity contribution in [1.29, 1.82) is 0 Å². The number of hydrogen-bond acceptors (Lipinski definition) is 5. The second-order valence-electron chi connectivity index (χ2n) is 9.48. The van der Waals surface area contributed by atoms with Gasteiger partial charge in [0.25, 0.3) is 0 Å². The van der Waals surface area contributed by atoms with Crippen LogP contribution in [0.25, 0.3) is 10.9 Å². The maximum absolute atomic E-state index is 11.4. The molecule has 3 unspecified atom stereocenters. The van der Waals surface area contributed by atoms with E-state index in [4.69, 9.17) is 16.3 Å². The lowest BCUT2D eigenvalue weighted by atomic mass is 9.97. The molecule has 0 fully saturated rings. The van der Waals surface area contributed by atoms with Gasteiger partial charge in [0.1, 0.15) is 12.4 Å². The van der Waals surface area contributed by atoms with Crippen molar-refractivity contribution >= 4 is 40.2 Å². The van der Waals surface area contributed by atoms with Crippen LogP contribution in [0.15, 0.2) is 78.9 Å². The standard InChI is InChI=1S/C31H32ClNO4S/c1-20(31(35)36)19-38-30(15-12-22-6-3-4-9-28(22)21(2)34)24-7-5-8-27(16-24)37-18-26-14-11-23-10-13-25(32)17-29(23)33-26/h3-11,13-14,16-17,20-21,30,34H,12,15,18-19H2,1-2H3,(H,35,36). The summed E-state index contributed by atoms with van der Waals surface area (Å²) >= 11 is 7.77. The van der Waals surface area contributed by atoms with Crippen LogP contribution in [0.5, 0.6) is 5.75 Å². The number of aliphatic hydroxyl groups is 1. The van der Waals surface area contributed by atoms with E-state index in [0.29, 0.717) is 17.4 Å². The lowest BCUT2D eigenvalue weighted by molar-refractivity contribution is -0.140. The second-order valence-corrected chi connectivity index (χ2v) is 11.1. The predicted octanol–water partition coefficient (Wildman–Crippen LogP) is 7.65. The summed E-state index contributed by atoms with van der Waals surface area (Å²) in [4.78, 5) is 16.1. The zero-order valence-corrected chi connectivity index (χ0v) is 23.1. The van der Waals surface area contributed by atoms with Crippen LogP contribution in [0.4, 0.5) is 0 Å². The molecule has 0 radical (unpaired) electrons. The van der Waals surface area contributed by atoms with Crippen molar-refractivity contribution in [1.82, 2.24) is 4.98 Å². The van der Waals surface area contributed by atoms with Crippen molar-refractivity contribution in [3.63, 3.8) is 0 Å². The van der Waals surface area contributed by atoms with Crippen LogP contribution in [-0.4, -0.2) is 26.9 Å². The molecule has 5 nitrogen and oxygen atoms in total. The Morgan fingerprint density at radius 2 is 1.82 bits per heavy atom. The molecule has 0 saturated carbocycles. The number of pyridine rings is 1. The molecule has 0 amide bonds. The van der Waals surface area contributed by atoms with Crippen LogP contribution < -0.4 is 4.74 Å². The highest BCUT2D eigenvalue weighted by Crippen LogP contribution is 2.37. The maximum Gasteiger partial charge on any atom is 0.307 e. The summed E-state index contributed by atoms with van der Waals surface area (Å²) in [7, 11) is 0. The van der Waals surface area contributed by atoms with Gasteiger partial charge in [-0.05, 0) is 66.8 Å². The Morgan fingerprint density at radius 1 is 1.03 bits per heavy atom. The first-order valence-electron chi connectivity index (χ1n) is 12.7. The highest BCUT2D eigenvalue weighted by atomic mass is 35.5. The van der Waals surface area contributed by atoms with Crippen LogP contribution >= 0.6 is 23.4 Å². The summed E-state index contributed by atoms with van der Waals surface area (Å²) in [5, 5.41) is 21.3. The van der Waals surface area contributed by atoms with E-state index in [9.17, 15) is 15.0 Å². The summed E-state index contributed by atoms with van der Waals surface area (Å²) in [6, 6.07) is 25.5. The quantitative estimate of drug-likeness (QED) is 0.189. The van der Waals surface area contributed by atoms with Crippen LogP contribution in [0.3, 0.4) is 0 Å². The van der Waals surface area contributed by atoms with Gasteiger partial charge in [-0.1, -0.05) is 67.1 Å². The molecule has 3 atom stereocenters. The molecule has 4 aromatic rings. The first-order chi connectivity index (χ1) is 18.3. The Bertz CT molecular complexity index is 1390. The molecule has 3 aromatic carbocycles. The number of hydrogen-bond donors (Lipinski definition) is 2. The van der Waals surface area contributed by atoms with Crippen molar-refractivity contribution < 1.29 is 19.7 Å². The van der Waals surface area contributed by atoms with Gasteiger partial charge in [0, 0.05) is 21.4 Å². The van der Waals surface area contributed by atoms with Crippen LogP contribution in [0, 0.1) is 5.92 Å². The van der Waals surface area contributed by atoms with Crippen molar-refractivity contribution in [3.05, 3.63) is 106 Å². The van der Waals surface area contributed by atoms with Crippen LogP contribution in [-0.2, 0) is 17.8 Å². The molecule has 0 aliphatic carbocycles. The predicted molar refractivity (Wildman–Crippen MR) is 155 cm³/mol. The molecule has 198 valence electrons. The summed E-state index contributed by atoms with van der Waals surface area (Å²) < 4.78 is 6.11. The topological polar surface area (TPSA) is 79.7 Å². The van der Waals surface area contributed by atoms with E-state index in [0.717, 1.165) is 51.9 Å². The van der Waals surface area contributed by atoms with Gasteiger partial charge in [-0.2, -0.15) is 11.8 Å². The number of fused-ring (bicyclic) bond motifs is 1. The largest absolute Gasteiger partial charge is 0.487 e. The van der Waals surface area contributed by atoms with Gasteiger partial charge in [-0.25, -0.2) is 4.98 Å². The minimum atomic E-state index is -0.794. The fourth-order valence-corrected chi connectivity index (χ4v) is 5.76. The van der Waals surface area contributed by atoms with Gasteiger partial charge >= 0.3 is 5.97 Å². The van der Waals surface area contributed by atoms with Crippen molar-refractivity contribution in [2.45, 2.75) is 44.6 Å². The van der Waals surface area contributed by atoms with E-state index in [1.165, 1.54) is 0 Å². The number of rotatable bonds is 12. The third kappa shape index (κ3) is 7.50. The molecule has 2 N–H and O–H groups in total. The number of aliphatic carboxylic acids is 1. The molecule has 0 bridgehead atoms. The first-order valence-corrected chi connectivity index (χ1v) is 14.1. The van der Waals surface area contributed by atoms with E-state index in [2.05, 4.69) is 11.1 Å². The molecule has 0 aliphatic rings. The molecule has 4 rings (SSSR count). The molecule has 1 aromatic heterocycles. The Morgan fingerprint density at radius 3 is 2.61 bits per heavy atom. The zero-order chi connectivity index (χ0) is 27.1. The smallest absolute Gasteiger partial charge is 0.307 e. The first kappa shape index (κ1) is 28.0. The summed E-state index contributed by atoms with van der Waals surface area (Å²) in [6.07, 6.45) is 1.03. The maximum atomic E-state index is 11.4. The summed E-state index contributed by atoms with van der Waals surface area (Å²) in [6.45, 7) is 3.83. The number of aryl methyl sites for hydroxylation is 1. The fraction of sp³-hybridized carbons (Fsp3) is 0.290. The molecule has 0 aliphatic heterocycles. The summed E-state index contributed by atoms with van der Waals surface area (Å²) in [5.74, 6) is 0.0000544. The second kappa shape index (κ2) is 13.1. The fourth-order valence-electron chi connectivity index (χ4n) is 4.31. The lowest BCUT2D eigenvalue weighted by Gasteiger charge is -2.20. The van der Waals surface area contributed by atoms with Crippen molar-refractivity contribution in [2.75, 3.05) is 5.75 Å². The highest BCUT2D eigenvalue weighted by Gasteiger charge is 2.19. The van der Waals surface area contributed by atoms with Gasteiger partial charge < -0.3 is 14.9 Å². The number of aromatic nitrogens is 1. The van der Waals surface area contributed by atoms with E-state index >= 15 is 0 Å². The SMILES string of the molecule is CC(CSC(CCc1ccccc1C(C)O)c1cccc(OCc2ccc3ccc(Cl)cc3n2)c1)C(=O)O. The van der Waals surface area contributed by atoms with Crippen LogP contribution in [0.2, 0.25) is 5.02 Å². The average molecular weight is 550 g/mol. The number of ether oxygens (including phenoxy) is 1. The molecule has 0 spiro atoms. The van der Waals surface area contributed by atoms with Gasteiger partial charge in [-0.3, -0.25) is 4.79 Å². The number of carboxylic acid groups (broad SMARTS) is 1. The van der Waals surface area contributed by atoms with E-state index in [-0.39, 0.29) is 5.25 Å². The number of thioether (sulfide) groups is 1. The number of carbonyl (C=O) groups is 1. The van der Waals surface area contributed by atoms with Gasteiger partial charge in [0.2, 0.25) is 0 Å². The third-order valence-electron chi connectivity index (χ3n) is 6.48. The minimum absolute atomic E-state index is 0.0725. The lowest BCUT2D eigenvalue weighted by Crippen LogP contribution is -2.13. The summed E-state index contributed by atoms with van der Waals surface area (Å²) in [5.41, 5.74) is 4.75. The van der Waals surface area contributed by atoms with Crippen LogP contribution in [0.1, 0.15) is 54.0 Å². The molecule has 1 heterocycles. The number of benzene rings is 3. The van der Waals surface area contributed by atoms with Gasteiger partial charge in [0.15, 0.2) is 0 Å². The highest BCUT2D eigenvalue weighted by molar-refractivity contribution is 7.99. The Balaban J connectivity index is 1.50. The number of nitrogens with zero attached hydrogens (tertiary/aromatic N) is 1. The minimum Gasteiger partial charge on any atom is -0.487 e. The molecular weight excluding hydrogens is 518 g/mol. The zero-order valence-electron chi connectivity index (χ0n) is 21.5. The normalized spacial score (nSPS) is 13.7.